The van der Waals surface area contributed by atoms with E-state index in [2.05, 4.69) is 17.2 Å². The predicted molar refractivity (Wildman–Crippen MR) is 109 cm³/mol. The largest absolute Gasteiger partial charge is 0.355 e. The molecule has 1 aliphatic rings. The number of aromatic nitrogens is 1. The van der Waals surface area contributed by atoms with Crippen molar-refractivity contribution in [2.75, 3.05) is 19.3 Å². The smallest absolute Gasteiger partial charge is 0.244 e. The van der Waals surface area contributed by atoms with Crippen molar-refractivity contribution in [3.05, 3.63) is 18.3 Å². The van der Waals surface area contributed by atoms with Gasteiger partial charge in [-0.15, -0.1) is 0 Å². The number of rotatable bonds is 10. The summed E-state index contributed by atoms with van der Waals surface area (Å²) < 4.78 is 27.1. The average molecular weight is 414 g/mol. The molecule has 0 aliphatic heterocycles. The number of sulfonamides is 1. The Kier molecular flexibility index (Phi) is 9.05. The summed E-state index contributed by atoms with van der Waals surface area (Å²) in [6.45, 7) is 2.82. The van der Waals surface area contributed by atoms with E-state index >= 15 is 0 Å². The molecule has 0 spiro atoms. The molecule has 0 bridgehead atoms. The van der Waals surface area contributed by atoms with Crippen molar-refractivity contribution >= 4 is 27.7 Å². The summed E-state index contributed by atoms with van der Waals surface area (Å²) in [6, 6.07) is 3.34. The van der Waals surface area contributed by atoms with Crippen molar-refractivity contribution in [3.8, 4) is 0 Å². The fraction of sp³-hybridized carbons (Fsp3) is 0.684. The van der Waals surface area contributed by atoms with Crippen molar-refractivity contribution in [2.45, 2.75) is 74.3 Å². The van der Waals surface area contributed by atoms with Gasteiger partial charge in [-0.1, -0.05) is 50.8 Å². The highest BCUT2D eigenvalue weighted by molar-refractivity contribution is 7.99. The molecule has 0 saturated heterocycles. The van der Waals surface area contributed by atoms with Gasteiger partial charge < -0.3 is 5.32 Å². The maximum absolute atomic E-state index is 12.8. The van der Waals surface area contributed by atoms with Crippen LogP contribution < -0.4 is 5.32 Å². The number of pyridine rings is 1. The van der Waals surface area contributed by atoms with Crippen LogP contribution in [0.2, 0.25) is 0 Å². The van der Waals surface area contributed by atoms with Gasteiger partial charge >= 0.3 is 0 Å². The Bertz CT molecular complexity index is 687. The van der Waals surface area contributed by atoms with Gasteiger partial charge in [-0.05, 0) is 31.4 Å². The molecule has 1 N–H and O–H groups in total. The summed E-state index contributed by atoms with van der Waals surface area (Å²) in [7, 11) is -1.86. The highest BCUT2D eigenvalue weighted by atomic mass is 32.2. The molecule has 1 aromatic heterocycles. The number of hydrogen-bond acceptors (Lipinski definition) is 5. The van der Waals surface area contributed by atoms with Crippen LogP contribution in [0.25, 0.3) is 0 Å². The average Bonchev–Trinajstić information content (AvgIpc) is 2.70. The number of nitrogens with one attached hydrogen (secondary N) is 1. The second-order valence-electron chi connectivity index (χ2n) is 6.99. The molecule has 0 aromatic carbocycles. The van der Waals surface area contributed by atoms with Crippen LogP contribution in [0.5, 0.6) is 0 Å². The molecule has 6 nitrogen and oxygen atoms in total. The van der Waals surface area contributed by atoms with E-state index in [0.717, 1.165) is 44.9 Å². The van der Waals surface area contributed by atoms with Crippen LogP contribution in [0.3, 0.4) is 0 Å². The lowest BCUT2D eigenvalue weighted by Gasteiger charge is -2.30. The van der Waals surface area contributed by atoms with Crippen molar-refractivity contribution in [3.63, 3.8) is 0 Å². The van der Waals surface area contributed by atoms with E-state index in [1.54, 1.807) is 19.2 Å². The van der Waals surface area contributed by atoms with Gasteiger partial charge in [-0.3, -0.25) is 4.79 Å². The van der Waals surface area contributed by atoms with Gasteiger partial charge in [-0.25, -0.2) is 13.4 Å². The van der Waals surface area contributed by atoms with Gasteiger partial charge in [-0.2, -0.15) is 4.31 Å². The van der Waals surface area contributed by atoms with Crippen LogP contribution in [-0.2, 0) is 14.8 Å². The number of carbonyl (C=O) groups excluding carboxylic acids is 1. The SMILES string of the molecule is CCCCCNC(=O)CSc1ccc(S(=O)(=O)N(C)C2CCCCC2)cn1. The molecular weight excluding hydrogens is 382 g/mol. The lowest BCUT2D eigenvalue weighted by atomic mass is 9.96. The predicted octanol–water partition coefficient (Wildman–Crippen LogP) is 3.43. The van der Waals surface area contributed by atoms with E-state index in [1.165, 1.54) is 28.7 Å². The van der Waals surface area contributed by atoms with E-state index in [9.17, 15) is 13.2 Å². The summed E-state index contributed by atoms with van der Waals surface area (Å²) in [5, 5.41) is 3.54. The Hall–Kier alpha value is -1.12. The fourth-order valence-electron chi connectivity index (χ4n) is 3.21. The molecule has 0 radical (unpaired) electrons. The van der Waals surface area contributed by atoms with E-state index in [1.807, 2.05) is 0 Å². The zero-order chi connectivity index (χ0) is 19.7. The molecule has 1 aromatic rings. The normalized spacial score (nSPS) is 15.8. The zero-order valence-corrected chi connectivity index (χ0v) is 17.9. The van der Waals surface area contributed by atoms with Gasteiger partial charge in [0.2, 0.25) is 15.9 Å². The topological polar surface area (TPSA) is 79.4 Å². The summed E-state index contributed by atoms with van der Waals surface area (Å²) >= 11 is 1.32. The molecule has 1 fully saturated rings. The highest BCUT2D eigenvalue weighted by Crippen LogP contribution is 2.26. The fourth-order valence-corrected chi connectivity index (χ4v) is 5.24. The standard InChI is InChI=1S/C19H31N3O3S2/c1-3-4-8-13-20-18(23)15-26-19-12-11-17(14-21-19)27(24,25)22(2)16-9-6-5-7-10-16/h11-12,14,16H,3-10,13,15H2,1-2H3,(H,20,23). The number of nitrogens with zero attached hydrogens (tertiary/aromatic N) is 2. The summed E-state index contributed by atoms with van der Waals surface area (Å²) in [5.74, 6) is 0.263. The Morgan fingerprint density at radius 1 is 1.26 bits per heavy atom. The van der Waals surface area contributed by atoms with E-state index in [4.69, 9.17) is 0 Å². The van der Waals surface area contributed by atoms with E-state index in [0.29, 0.717) is 11.6 Å². The lowest BCUT2D eigenvalue weighted by Crippen LogP contribution is -2.38. The monoisotopic (exact) mass is 413 g/mol. The molecule has 1 aliphatic carbocycles. The summed E-state index contributed by atoms with van der Waals surface area (Å²) in [6.07, 6.45) is 9.82. The van der Waals surface area contributed by atoms with Crippen molar-refractivity contribution < 1.29 is 13.2 Å². The summed E-state index contributed by atoms with van der Waals surface area (Å²) in [4.78, 5) is 16.3. The van der Waals surface area contributed by atoms with Gasteiger partial charge in [0.1, 0.15) is 4.90 Å². The van der Waals surface area contributed by atoms with Gasteiger partial charge in [0.15, 0.2) is 0 Å². The minimum atomic E-state index is -3.52. The number of unbranched alkanes of at least 4 members (excludes halogenated alkanes) is 2. The maximum atomic E-state index is 12.8. The molecule has 2 rings (SSSR count). The number of carbonyl (C=O) groups is 1. The third-order valence-corrected chi connectivity index (χ3v) is 7.77. The molecule has 1 saturated carbocycles. The Balaban J connectivity index is 1.87. The number of amides is 1. The molecule has 152 valence electrons. The third kappa shape index (κ3) is 6.76. The first-order valence-corrected chi connectivity index (χ1v) is 12.2. The second-order valence-corrected chi connectivity index (χ2v) is 9.98. The van der Waals surface area contributed by atoms with Crippen molar-refractivity contribution in [1.29, 1.82) is 0 Å². The van der Waals surface area contributed by atoms with E-state index < -0.39 is 10.0 Å². The minimum absolute atomic E-state index is 0.0216. The molecular formula is C19H31N3O3S2. The molecule has 1 heterocycles. The number of hydrogen-bond donors (Lipinski definition) is 1. The maximum Gasteiger partial charge on any atom is 0.244 e. The van der Waals surface area contributed by atoms with Gasteiger partial charge in [0, 0.05) is 25.8 Å². The molecule has 27 heavy (non-hydrogen) atoms. The second kappa shape index (κ2) is 11.0. The lowest BCUT2D eigenvalue weighted by molar-refractivity contribution is -0.118. The van der Waals surface area contributed by atoms with Crippen LogP contribution in [0, 0.1) is 0 Å². The van der Waals surface area contributed by atoms with Crippen molar-refractivity contribution in [2.24, 2.45) is 0 Å². The Labute approximate surface area is 167 Å². The van der Waals surface area contributed by atoms with Crippen molar-refractivity contribution in [1.82, 2.24) is 14.6 Å². The van der Waals surface area contributed by atoms with E-state index in [-0.39, 0.29) is 22.6 Å². The quantitative estimate of drug-likeness (QED) is 0.469. The Morgan fingerprint density at radius 2 is 2.00 bits per heavy atom. The molecule has 0 unspecified atom stereocenters. The number of thioether (sulfide) groups is 1. The molecule has 8 heteroatoms. The minimum Gasteiger partial charge on any atom is -0.355 e. The zero-order valence-electron chi connectivity index (χ0n) is 16.3. The van der Waals surface area contributed by atoms with Gasteiger partial charge in [0.05, 0.1) is 10.8 Å². The van der Waals surface area contributed by atoms with Crippen LogP contribution in [0.15, 0.2) is 28.3 Å². The van der Waals surface area contributed by atoms with Crippen LogP contribution >= 0.6 is 11.8 Å². The van der Waals surface area contributed by atoms with Crippen LogP contribution in [-0.4, -0.2) is 49.0 Å². The molecule has 0 atom stereocenters. The first-order valence-electron chi connectivity index (χ1n) is 9.78. The highest BCUT2D eigenvalue weighted by Gasteiger charge is 2.29. The van der Waals surface area contributed by atoms with Crippen LogP contribution in [0.4, 0.5) is 0 Å². The summed E-state index contributed by atoms with van der Waals surface area (Å²) in [5.41, 5.74) is 0. The third-order valence-electron chi connectivity index (χ3n) is 4.93. The first kappa shape index (κ1) is 22.2. The molecule has 1 amide bonds. The van der Waals surface area contributed by atoms with Crippen LogP contribution in [0.1, 0.15) is 58.3 Å². The first-order chi connectivity index (χ1) is 12.9. The Morgan fingerprint density at radius 3 is 2.63 bits per heavy atom. The van der Waals surface area contributed by atoms with Gasteiger partial charge in [0.25, 0.3) is 0 Å².